The van der Waals surface area contributed by atoms with E-state index in [9.17, 15) is 0 Å². The van der Waals surface area contributed by atoms with Gasteiger partial charge in [-0.25, -0.2) is 0 Å². The standard InChI is InChI=1S/C9H15N5O/c10-8-9(2-6-15-7-3-9)12-4-1-5-13-14-11/h12H,1-7H2. The largest absolute Gasteiger partial charge is 0.381 e. The maximum atomic E-state index is 9.09. The Morgan fingerprint density at radius 1 is 1.53 bits per heavy atom. The minimum Gasteiger partial charge on any atom is -0.381 e. The fourth-order valence-corrected chi connectivity index (χ4v) is 1.57. The van der Waals surface area contributed by atoms with Gasteiger partial charge in [-0.15, -0.1) is 0 Å². The summed E-state index contributed by atoms with van der Waals surface area (Å²) < 4.78 is 5.21. The van der Waals surface area contributed by atoms with Crippen molar-refractivity contribution in [2.45, 2.75) is 24.8 Å². The number of ether oxygens (including phenoxy) is 1. The molecule has 0 spiro atoms. The van der Waals surface area contributed by atoms with Crippen molar-refractivity contribution >= 4 is 0 Å². The molecule has 1 aliphatic heterocycles. The van der Waals surface area contributed by atoms with Gasteiger partial charge < -0.3 is 4.74 Å². The van der Waals surface area contributed by atoms with Gasteiger partial charge in [-0.05, 0) is 18.5 Å². The molecule has 6 heteroatoms. The summed E-state index contributed by atoms with van der Waals surface area (Å²) in [5.74, 6) is 0. The number of hydrogen-bond acceptors (Lipinski definition) is 4. The van der Waals surface area contributed by atoms with Gasteiger partial charge in [0.2, 0.25) is 0 Å². The quantitative estimate of drug-likeness (QED) is 0.320. The number of rotatable bonds is 5. The second-order valence-electron chi connectivity index (χ2n) is 3.54. The van der Waals surface area contributed by atoms with Crippen molar-refractivity contribution in [2.75, 3.05) is 26.3 Å². The lowest BCUT2D eigenvalue weighted by atomic mass is 9.92. The predicted octanol–water partition coefficient (Wildman–Crippen LogP) is 1.35. The van der Waals surface area contributed by atoms with Crippen LogP contribution in [0.3, 0.4) is 0 Å². The van der Waals surface area contributed by atoms with Crippen molar-refractivity contribution in [3.8, 4) is 6.07 Å². The van der Waals surface area contributed by atoms with Crippen LogP contribution in [-0.4, -0.2) is 31.8 Å². The Bertz CT molecular complexity index is 273. The fourth-order valence-electron chi connectivity index (χ4n) is 1.57. The lowest BCUT2D eigenvalue weighted by molar-refractivity contribution is 0.0580. The van der Waals surface area contributed by atoms with Crippen LogP contribution >= 0.6 is 0 Å². The van der Waals surface area contributed by atoms with Gasteiger partial charge in [-0.2, -0.15) is 5.26 Å². The van der Waals surface area contributed by atoms with Crippen LogP contribution in [0.1, 0.15) is 19.3 Å². The molecular formula is C9H15N5O. The van der Waals surface area contributed by atoms with Crippen LogP contribution in [0.4, 0.5) is 0 Å². The molecule has 6 nitrogen and oxygen atoms in total. The van der Waals surface area contributed by atoms with E-state index in [-0.39, 0.29) is 0 Å². The third-order valence-corrected chi connectivity index (χ3v) is 2.52. The Morgan fingerprint density at radius 2 is 2.27 bits per heavy atom. The van der Waals surface area contributed by atoms with Crippen molar-refractivity contribution < 1.29 is 4.74 Å². The molecular weight excluding hydrogens is 194 g/mol. The first-order chi connectivity index (χ1) is 7.33. The minimum absolute atomic E-state index is 0.436. The molecule has 0 aromatic heterocycles. The van der Waals surface area contributed by atoms with Crippen LogP contribution < -0.4 is 5.32 Å². The van der Waals surface area contributed by atoms with Crippen molar-refractivity contribution in [3.63, 3.8) is 0 Å². The minimum atomic E-state index is -0.436. The molecule has 0 amide bonds. The Morgan fingerprint density at radius 3 is 2.87 bits per heavy atom. The first-order valence-corrected chi connectivity index (χ1v) is 5.08. The van der Waals surface area contributed by atoms with Gasteiger partial charge in [0.25, 0.3) is 0 Å². The van der Waals surface area contributed by atoms with E-state index in [2.05, 4.69) is 21.4 Å². The van der Waals surface area contributed by atoms with Crippen LogP contribution in [-0.2, 0) is 4.74 Å². The second-order valence-corrected chi connectivity index (χ2v) is 3.54. The number of azide groups is 1. The number of nitrogens with zero attached hydrogens (tertiary/aromatic N) is 4. The number of hydrogen-bond donors (Lipinski definition) is 1. The van der Waals surface area contributed by atoms with E-state index in [1.165, 1.54) is 0 Å². The molecule has 0 radical (unpaired) electrons. The average Bonchev–Trinajstić information content (AvgIpc) is 2.30. The summed E-state index contributed by atoms with van der Waals surface area (Å²) in [4.78, 5) is 2.67. The predicted molar refractivity (Wildman–Crippen MR) is 55.0 cm³/mol. The van der Waals surface area contributed by atoms with E-state index in [0.717, 1.165) is 19.3 Å². The van der Waals surface area contributed by atoms with Gasteiger partial charge in [-0.3, -0.25) is 5.32 Å². The van der Waals surface area contributed by atoms with E-state index < -0.39 is 5.54 Å². The van der Waals surface area contributed by atoms with Gasteiger partial charge in [-0.1, -0.05) is 5.11 Å². The third kappa shape index (κ3) is 3.76. The van der Waals surface area contributed by atoms with E-state index in [1.807, 2.05) is 0 Å². The molecule has 15 heavy (non-hydrogen) atoms. The van der Waals surface area contributed by atoms with Gasteiger partial charge in [0.15, 0.2) is 0 Å². The SMILES string of the molecule is N#CC1(NCCCN=[N+]=[N-])CCOCC1. The van der Waals surface area contributed by atoms with E-state index in [1.54, 1.807) is 0 Å². The first kappa shape index (κ1) is 11.8. The van der Waals surface area contributed by atoms with E-state index in [4.69, 9.17) is 15.5 Å². The highest BCUT2D eigenvalue weighted by Crippen LogP contribution is 2.19. The molecule has 0 unspecified atom stereocenters. The van der Waals surface area contributed by atoms with Crippen LogP contribution in [0.5, 0.6) is 0 Å². The second kappa shape index (κ2) is 6.25. The highest BCUT2D eigenvalue weighted by Gasteiger charge is 2.31. The van der Waals surface area contributed by atoms with Crippen molar-refractivity contribution in [3.05, 3.63) is 10.4 Å². The summed E-state index contributed by atoms with van der Waals surface area (Å²) >= 11 is 0. The normalized spacial score (nSPS) is 18.9. The molecule has 1 heterocycles. The zero-order valence-electron chi connectivity index (χ0n) is 8.65. The lowest BCUT2D eigenvalue weighted by Gasteiger charge is -2.31. The molecule has 0 aliphatic carbocycles. The zero-order chi connectivity index (χ0) is 11.0. The molecule has 0 atom stereocenters. The molecule has 0 saturated carbocycles. The van der Waals surface area contributed by atoms with Gasteiger partial charge in [0.1, 0.15) is 5.54 Å². The summed E-state index contributed by atoms with van der Waals surface area (Å²) in [6, 6.07) is 2.31. The summed E-state index contributed by atoms with van der Waals surface area (Å²) in [5.41, 5.74) is 7.64. The lowest BCUT2D eigenvalue weighted by Crippen LogP contribution is -2.48. The van der Waals surface area contributed by atoms with Crippen molar-refractivity contribution in [1.82, 2.24) is 5.32 Å². The molecule has 0 aromatic rings. The molecule has 1 fully saturated rings. The Kier molecular flexibility index (Phi) is 4.91. The average molecular weight is 209 g/mol. The highest BCUT2D eigenvalue weighted by molar-refractivity contribution is 5.08. The zero-order valence-corrected chi connectivity index (χ0v) is 8.65. The molecule has 0 aromatic carbocycles. The molecule has 1 saturated heterocycles. The fraction of sp³-hybridized carbons (Fsp3) is 0.889. The van der Waals surface area contributed by atoms with Crippen LogP contribution in [0.15, 0.2) is 5.11 Å². The Balaban J connectivity index is 2.27. The van der Waals surface area contributed by atoms with Gasteiger partial charge in [0, 0.05) is 37.5 Å². The molecule has 1 rings (SSSR count). The third-order valence-electron chi connectivity index (χ3n) is 2.52. The summed E-state index contributed by atoms with van der Waals surface area (Å²) in [5, 5.41) is 15.7. The maximum absolute atomic E-state index is 9.09. The highest BCUT2D eigenvalue weighted by atomic mass is 16.5. The maximum Gasteiger partial charge on any atom is 0.111 e. The number of nitriles is 1. The molecule has 82 valence electrons. The monoisotopic (exact) mass is 209 g/mol. The molecule has 0 bridgehead atoms. The Labute approximate surface area is 88.8 Å². The summed E-state index contributed by atoms with van der Waals surface area (Å²) in [6.07, 6.45) is 2.21. The summed E-state index contributed by atoms with van der Waals surface area (Å²) in [6.45, 7) is 2.45. The van der Waals surface area contributed by atoms with Crippen molar-refractivity contribution in [1.29, 1.82) is 5.26 Å². The molecule has 1 aliphatic rings. The van der Waals surface area contributed by atoms with Gasteiger partial charge in [0.05, 0.1) is 6.07 Å². The van der Waals surface area contributed by atoms with Crippen LogP contribution in [0.25, 0.3) is 10.4 Å². The van der Waals surface area contributed by atoms with Crippen LogP contribution in [0.2, 0.25) is 0 Å². The Hall–Kier alpha value is -1.28. The smallest absolute Gasteiger partial charge is 0.111 e. The van der Waals surface area contributed by atoms with Crippen LogP contribution in [0, 0.1) is 11.3 Å². The van der Waals surface area contributed by atoms with Crippen molar-refractivity contribution in [2.24, 2.45) is 5.11 Å². The first-order valence-electron chi connectivity index (χ1n) is 5.08. The van der Waals surface area contributed by atoms with Gasteiger partial charge >= 0.3 is 0 Å². The summed E-state index contributed by atoms with van der Waals surface area (Å²) in [7, 11) is 0. The topological polar surface area (TPSA) is 93.8 Å². The van der Waals surface area contributed by atoms with E-state index >= 15 is 0 Å². The van der Waals surface area contributed by atoms with E-state index in [0.29, 0.717) is 26.3 Å². The number of nitrogens with one attached hydrogen (secondary N) is 1. The molecule has 1 N–H and O–H groups in total.